The summed E-state index contributed by atoms with van der Waals surface area (Å²) >= 11 is 0. The van der Waals surface area contributed by atoms with E-state index in [1.165, 1.54) is 28.6 Å². The summed E-state index contributed by atoms with van der Waals surface area (Å²) in [5.74, 6) is 0.365. The van der Waals surface area contributed by atoms with Crippen molar-refractivity contribution in [1.82, 2.24) is 4.31 Å². The lowest BCUT2D eigenvalue weighted by Crippen LogP contribution is -2.31. The maximum absolute atomic E-state index is 12.8. The van der Waals surface area contributed by atoms with Crippen molar-refractivity contribution < 1.29 is 17.9 Å². The fourth-order valence-corrected chi connectivity index (χ4v) is 4.23. The lowest BCUT2D eigenvalue weighted by molar-refractivity contribution is 0.102. The van der Waals surface area contributed by atoms with Crippen LogP contribution in [0.2, 0.25) is 0 Å². The van der Waals surface area contributed by atoms with Crippen molar-refractivity contribution in [2.75, 3.05) is 25.0 Å². The molecular weight excluding hydrogens is 376 g/mol. The molecule has 28 heavy (non-hydrogen) atoms. The van der Waals surface area contributed by atoms with Crippen molar-refractivity contribution in [3.63, 3.8) is 0 Å². The molecule has 7 heteroatoms. The molecule has 2 aromatic rings. The van der Waals surface area contributed by atoms with Crippen molar-refractivity contribution >= 4 is 21.6 Å². The first-order chi connectivity index (χ1) is 13.4. The lowest BCUT2D eigenvalue weighted by atomic mass is 10.2. The van der Waals surface area contributed by atoms with Gasteiger partial charge in [-0.05, 0) is 49.7 Å². The van der Waals surface area contributed by atoms with Gasteiger partial charge < -0.3 is 10.1 Å². The van der Waals surface area contributed by atoms with Gasteiger partial charge >= 0.3 is 0 Å². The quantitative estimate of drug-likeness (QED) is 0.645. The van der Waals surface area contributed by atoms with Crippen LogP contribution >= 0.6 is 0 Å². The zero-order valence-electron chi connectivity index (χ0n) is 16.6. The molecule has 1 N–H and O–H groups in total. The van der Waals surface area contributed by atoms with Crippen LogP contribution in [0, 0.1) is 0 Å². The number of hydrogen-bond donors (Lipinski definition) is 1. The molecule has 0 aliphatic carbocycles. The molecule has 0 fully saturated rings. The van der Waals surface area contributed by atoms with Crippen LogP contribution in [0.1, 0.15) is 44.0 Å². The Morgan fingerprint density at radius 3 is 2.39 bits per heavy atom. The zero-order chi connectivity index (χ0) is 20.6. The summed E-state index contributed by atoms with van der Waals surface area (Å²) in [6.45, 7) is 7.20. The predicted octanol–water partition coefficient (Wildman–Crippen LogP) is 4.15. The maximum Gasteiger partial charge on any atom is 0.255 e. The molecular formula is C21H28N2O4S. The van der Waals surface area contributed by atoms with E-state index in [-0.39, 0.29) is 10.8 Å². The first-order valence-electron chi connectivity index (χ1n) is 9.56. The highest BCUT2D eigenvalue weighted by atomic mass is 32.2. The number of carbonyl (C=O) groups excluding carboxylic acids is 1. The molecule has 0 saturated heterocycles. The number of nitrogens with one attached hydrogen (secondary N) is 1. The molecule has 0 unspecified atom stereocenters. The Bertz CT molecular complexity index is 880. The molecule has 2 rings (SSSR count). The molecule has 0 atom stereocenters. The van der Waals surface area contributed by atoms with Crippen LogP contribution in [0.15, 0.2) is 53.4 Å². The number of rotatable bonds is 10. The number of amides is 1. The Kier molecular flexibility index (Phi) is 8.02. The van der Waals surface area contributed by atoms with Gasteiger partial charge in [0.05, 0.1) is 11.5 Å². The zero-order valence-corrected chi connectivity index (χ0v) is 17.5. The van der Waals surface area contributed by atoms with Crippen LogP contribution in [0.25, 0.3) is 0 Å². The van der Waals surface area contributed by atoms with Crippen molar-refractivity contribution in [1.29, 1.82) is 0 Å². The Labute approximate surface area is 167 Å². The number of hydrogen-bond acceptors (Lipinski definition) is 4. The lowest BCUT2D eigenvalue weighted by Gasteiger charge is -2.20. The van der Waals surface area contributed by atoms with Crippen molar-refractivity contribution in [2.45, 2.75) is 38.5 Å². The average molecular weight is 405 g/mol. The van der Waals surface area contributed by atoms with E-state index in [1.54, 1.807) is 18.2 Å². The van der Waals surface area contributed by atoms with Gasteiger partial charge in [-0.1, -0.05) is 26.3 Å². The molecule has 0 radical (unpaired) electrons. The van der Waals surface area contributed by atoms with Crippen molar-refractivity contribution in [3.8, 4) is 5.75 Å². The smallest absolute Gasteiger partial charge is 0.255 e. The highest BCUT2D eigenvalue weighted by Crippen LogP contribution is 2.20. The van der Waals surface area contributed by atoms with E-state index in [0.717, 1.165) is 12.8 Å². The third-order valence-electron chi connectivity index (χ3n) is 4.27. The number of benzene rings is 2. The number of unbranched alkanes of at least 4 members (excludes halogenated alkanes) is 1. The van der Waals surface area contributed by atoms with Crippen LogP contribution in [-0.4, -0.2) is 38.3 Å². The highest BCUT2D eigenvalue weighted by Gasteiger charge is 2.22. The van der Waals surface area contributed by atoms with Crippen LogP contribution in [-0.2, 0) is 10.0 Å². The van der Waals surface area contributed by atoms with E-state index < -0.39 is 10.0 Å². The summed E-state index contributed by atoms with van der Waals surface area (Å²) in [7, 11) is -3.55. The first kappa shape index (κ1) is 21.9. The molecule has 0 saturated carbocycles. The van der Waals surface area contributed by atoms with E-state index >= 15 is 0 Å². The summed E-state index contributed by atoms with van der Waals surface area (Å²) in [4.78, 5) is 12.7. The van der Waals surface area contributed by atoms with Crippen LogP contribution < -0.4 is 10.1 Å². The SMILES string of the molecule is CCCCN(CC)S(=O)(=O)c1ccc(C(=O)Nc2cccc(OCC)c2)cc1. The normalized spacial score (nSPS) is 11.4. The van der Waals surface area contributed by atoms with Gasteiger partial charge in [0.25, 0.3) is 5.91 Å². The maximum atomic E-state index is 12.8. The first-order valence-corrected chi connectivity index (χ1v) is 11.0. The number of carbonyl (C=O) groups is 1. The fraction of sp³-hybridized carbons (Fsp3) is 0.381. The Hall–Kier alpha value is -2.38. The Balaban J connectivity index is 2.13. The number of anilines is 1. The fourth-order valence-electron chi connectivity index (χ4n) is 2.74. The number of sulfonamides is 1. The minimum absolute atomic E-state index is 0.195. The second-order valence-electron chi connectivity index (χ2n) is 6.29. The third-order valence-corrected chi connectivity index (χ3v) is 6.26. The summed E-state index contributed by atoms with van der Waals surface area (Å²) < 4.78 is 32.4. The van der Waals surface area contributed by atoms with Gasteiger partial charge in [-0.2, -0.15) is 4.31 Å². The molecule has 0 spiro atoms. The minimum atomic E-state index is -3.55. The van der Waals surface area contributed by atoms with E-state index in [2.05, 4.69) is 5.32 Å². The van der Waals surface area contributed by atoms with Gasteiger partial charge in [0, 0.05) is 30.4 Å². The standard InChI is InChI=1S/C21H28N2O4S/c1-4-7-15-23(5-2)28(25,26)20-13-11-17(12-14-20)21(24)22-18-9-8-10-19(16-18)27-6-3/h8-14,16H,4-7,15H2,1-3H3,(H,22,24). The molecule has 152 valence electrons. The minimum Gasteiger partial charge on any atom is -0.494 e. The second-order valence-corrected chi connectivity index (χ2v) is 8.23. The molecule has 0 aliphatic rings. The largest absolute Gasteiger partial charge is 0.494 e. The van der Waals surface area contributed by atoms with E-state index in [4.69, 9.17) is 4.74 Å². The van der Waals surface area contributed by atoms with Crippen LogP contribution in [0.3, 0.4) is 0 Å². The molecule has 1 amide bonds. The van der Waals surface area contributed by atoms with E-state index in [0.29, 0.717) is 36.7 Å². The van der Waals surface area contributed by atoms with Gasteiger partial charge in [0.2, 0.25) is 10.0 Å². The van der Waals surface area contributed by atoms with Crippen LogP contribution in [0.4, 0.5) is 5.69 Å². The summed E-state index contributed by atoms with van der Waals surface area (Å²) in [5, 5.41) is 2.80. The molecule has 2 aromatic carbocycles. The average Bonchev–Trinajstić information content (AvgIpc) is 2.69. The number of nitrogens with zero attached hydrogens (tertiary/aromatic N) is 1. The topological polar surface area (TPSA) is 75.7 Å². The molecule has 0 bridgehead atoms. The predicted molar refractivity (Wildman–Crippen MR) is 111 cm³/mol. The van der Waals surface area contributed by atoms with Gasteiger partial charge in [0.1, 0.15) is 5.75 Å². The van der Waals surface area contributed by atoms with Gasteiger partial charge in [-0.25, -0.2) is 8.42 Å². The number of ether oxygens (including phenoxy) is 1. The molecule has 0 aromatic heterocycles. The van der Waals surface area contributed by atoms with Gasteiger partial charge in [-0.15, -0.1) is 0 Å². The molecule has 0 heterocycles. The third kappa shape index (κ3) is 5.56. The van der Waals surface area contributed by atoms with E-state index in [9.17, 15) is 13.2 Å². The van der Waals surface area contributed by atoms with Gasteiger partial charge in [0.15, 0.2) is 0 Å². The molecule has 6 nitrogen and oxygen atoms in total. The molecule has 0 aliphatic heterocycles. The van der Waals surface area contributed by atoms with Gasteiger partial charge in [-0.3, -0.25) is 4.79 Å². The monoisotopic (exact) mass is 404 g/mol. The van der Waals surface area contributed by atoms with E-state index in [1.807, 2.05) is 26.8 Å². The van der Waals surface area contributed by atoms with Crippen molar-refractivity contribution in [3.05, 3.63) is 54.1 Å². The Morgan fingerprint density at radius 1 is 1.07 bits per heavy atom. The summed E-state index contributed by atoms with van der Waals surface area (Å²) in [6.07, 6.45) is 1.74. The summed E-state index contributed by atoms with van der Waals surface area (Å²) in [5.41, 5.74) is 1.00. The Morgan fingerprint density at radius 2 is 1.79 bits per heavy atom. The summed E-state index contributed by atoms with van der Waals surface area (Å²) in [6, 6.07) is 13.2. The second kappa shape index (κ2) is 10.2. The highest BCUT2D eigenvalue weighted by molar-refractivity contribution is 7.89. The van der Waals surface area contributed by atoms with Crippen molar-refractivity contribution in [2.24, 2.45) is 0 Å². The van der Waals surface area contributed by atoms with Crippen LogP contribution in [0.5, 0.6) is 5.75 Å².